The number of hydrogen-bond acceptors (Lipinski definition) is 1. The van der Waals surface area contributed by atoms with Crippen LogP contribution in [0.5, 0.6) is 0 Å². The summed E-state index contributed by atoms with van der Waals surface area (Å²) in [5.74, 6) is -1.01. The fourth-order valence-electron chi connectivity index (χ4n) is 1.88. The second-order valence-corrected chi connectivity index (χ2v) is 4.72. The minimum atomic E-state index is -1.01. The van der Waals surface area contributed by atoms with Crippen LogP contribution in [0.3, 0.4) is 0 Å². The van der Waals surface area contributed by atoms with E-state index in [1.165, 1.54) is 0 Å². The van der Waals surface area contributed by atoms with Gasteiger partial charge in [0.15, 0.2) is 0 Å². The van der Waals surface area contributed by atoms with E-state index < -0.39 is 5.97 Å². The lowest BCUT2D eigenvalue weighted by atomic mass is 9.96. The molecule has 1 N–H and O–H groups in total. The van der Waals surface area contributed by atoms with Gasteiger partial charge in [-0.1, -0.05) is 63.9 Å². The van der Waals surface area contributed by atoms with Crippen LogP contribution in [0.2, 0.25) is 5.02 Å². The average molecular weight is 326 g/mol. The van der Waals surface area contributed by atoms with Gasteiger partial charge in [0.1, 0.15) is 0 Å². The molecule has 2 nitrogen and oxygen atoms in total. The molecule has 0 aliphatic rings. The van der Waals surface area contributed by atoms with Crippen molar-refractivity contribution in [2.24, 2.45) is 0 Å². The van der Waals surface area contributed by atoms with Crippen LogP contribution >= 0.6 is 27.5 Å². The minimum Gasteiger partial charge on any atom is -0.478 e. The normalized spacial score (nSPS) is 10.3. The monoisotopic (exact) mass is 324 g/mol. The van der Waals surface area contributed by atoms with Crippen molar-refractivity contribution in [1.82, 2.24) is 0 Å². The zero-order valence-corrected chi connectivity index (χ0v) is 11.7. The van der Waals surface area contributed by atoms with Gasteiger partial charge in [-0.25, -0.2) is 4.79 Å². The predicted octanol–water partition coefficient (Wildman–Crippen LogP) is 4.60. The molecule has 0 amide bonds. The fraction of sp³-hybridized carbons (Fsp3) is 0.0714. The molecule has 0 saturated carbocycles. The summed E-state index contributed by atoms with van der Waals surface area (Å²) in [5, 5.41) is 9.95. The second-order valence-electron chi connectivity index (χ2n) is 3.75. The molecule has 0 fully saturated rings. The molecule has 0 heterocycles. The SMILES string of the molecule is O=C(O)c1c(Cl)ccc(-c2ccccc2)c1CBr. The molecule has 0 atom stereocenters. The van der Waals surface area contributed by atoms with Crippen LogP contribution < -0.4 is 0 Å². The van der Waals surface area contributed by atoms with Crippen LogP contribution in [0.25, 0.3) is 11.1 Å². The number of carboxylic acid groups (broad SMARTS) is 1. The summed E-state index contributed by atoms with van der Waals surface area (Å²) in [7, 11) is 0. The van der Waals surface area contributed by atoms with Gasteiger partial charge in [0.05, 0.1) is 10.6 Å². The highest BCUT2D eigenvalue weighted by molar-refractivity contribution is 9.08. The van der Waals surface area contributed by atoms with E-state index in [1.807, 2.05) is 36.4 Å². The average Bonchev–Trinajstić information content (AvgIpc) is 2.38. The van der Waals surface area contributed by atoms with Gasteiger partial charge in [0, 0.05) is 5.33 Å². The van der Waals surface area contributed by atoms with Gasteiger partial charge in [-0.3, -0.25) is 0 Å². The van der Waals surface area contributed by atoms with Crippen LogP contribution in [0.15, 0.2) is 42.5 Å². The molecule has 92 valence electrons. The summed E-state index contributed by atoms with van der Waals surface area (Å²) in [6, 6.07) is 13.1. The summed E-state index contributed by atoms with van der Waals surface area (Å²) >= 11 is 9.30. The van der Waals surface area contributed by atoms with E-state index in [4.69, 9.17) is 11.6 Å². The van der Waals surface area contributed by atoms with E-state index in [9.17, 15) is 9.90 Å². The van der Waals surface area contributed by atoms with Crippen molar-refractivity contribution in [1.29, 1.82) is 0 Å². The Bertz CT molecular complexity index is 582. The van der Waals surface area contributed by atoms with Crippen molar-refractivity contribution >= 4 is 33.5 Å². The van der Waals surface area contributed by atoms with E-state index in [2.05, 4.69) is 15.9 Å². The first-order chi connectivity index (χ1) is 8.65. The third-order valence-corrected chi connectivity index (χ3v) is 3.57. The molecule has 18 heavy (non-hydrogen) atoms. The standard InChI is InChI=1S/C14H10BrClO2/c15-8-11-10(9-4-2-1-3-5-9)6-7-12(16)13(11)14(17)18/h1-7H,8H2,(H,17,18). The quantitative estimate of drug-likeness (QED) is 0.837. The van der Waals surface area contributed by atoms with E-state index >= 15 is 0 Å². The molecule has 2 aromatic carbocycles. The number of carboxylic acids is 1. The molecule has 0 radical (unpaired) electrons. The lowest BCUT2D eigenvalue weighted by Gasteiger charge is -2.12. The Balaban J connectivity index is 2.70. The molecule has 0 bridgehead atoms. The van der Waals surface area contributed by atoms with E-state index in [0.29, 0.717) is 10.9 Å². The van der Waals surface area contributed by atoms with Crippen molar-refractivity contribution < 1.29 is 9.90 Å². The topological polar surface area (TPSA) is 37.3 Å². The fourth-order valence-corrected chi connectivity index (χ4v) is 2.72. The Morgan fingerprint density at radius 3 is 2.39 bits per heavy atom. The van der Waals surface area contributed by atoms with Crippen molar-refractivity contribution in [2.75, 3.05) is 0 Å². The lowest BCUT2D eigenvalue weighted by molar-refractivity contribution is 0.0696. The van der Waals surface area contributed by atoms with E-state index in [0.717, 1.165) is 11.1 Å². The first-order valence-electron chi connectivity index (χ1n) is 5.31. The van der Waals surface area contributed by atoms with Gasteiger partial charge in [-0.05, 0) is 22.8 Å². The summed E-state index contributed by atoms with van der Waals surface area (Å²) in [5.41, 5.74) is 2.72. The maximum Gasteiger partial charge on any atom is 0.337 e. The first kappa shape index (κ1) is 13.1. The third kappa shape index (κ3) is 2.42. The Kier molecular flexibility index (Phi) is 4.04. The Morgan fingerprint density at radius 1 is 1.17 bits per heavy atom. The molecule has 0 aliphatic heterocycles. The number of alkyl halides is 1. The van der Waals surface area contributed by atoms with Gasteiger partial charge in [-0.15, -0.1) is 0 Å². The first-order valence-corrected chi connectivity index (χ1v) is 6.81. The molecular formula is C14H10BrClO2. The molecule has 0 aromatic heterocycles. The van der Waals surface area contributed by atoms with Crippen molar-refractivity contribution in [3.63, 3.8) is 0 Å². The van der Waals surface area contributed by atoms with Crippen molar-refractivity contribution in [3.8, 4) is 11.1 Å². The second kappa shape index (κ2) is 5.55. The maximum atomic E-state index is 11.3. The maximum absolute atomic E-state index is 11.3. The largest absolute Gasteiger partial charge is 0.478 e. The van der Waals surface area contributed by atoms with Gasteiger partial charge in [0.25, 0.3) is 0 Å². The number of rotatable bonds is 3. The van der Waals surface area contributed by atoms with Crippen LogP contribution in [0, 0.1) is 0 Å². The molecule has 0 unspecified atom stereocenters. The summed E-state index contributed by atoms with van der Waals surface area (Å²) in [6.45, 7) is 0. The molecule has 2 aromatic rings. The smallest absolute Gasteiger partial charge is 0.337 e. The van der Waals surface area contributed by atoms with Gasteiger partial charge >= 0.3 is 5.97 Å². The Labute approximate surface area is 118 Å². The summed E-state index contributed by atoms with van der Waals surface area (Å²) in [6.07, 6.45) is 0. The van der Waals surface area contributed by atoms with Crippen molar-refractivity contribution in [2.45, 2.75) is 5.33 Å². The van der Waals surface area contributed by atoms with Crippen LogP contribution in [0.1, 0.15) is 15.9 Å². The molecule has 0 spiro atoms. The number of aromatic carboxylic acids is 1. The Hall–Kier alpha value is -1.32. The zero-order valence-electron chi connectivity index (χ0n) is 9.36. The Morgan fingerprint density at radius 2 is 1.83 bits per heavy atom. The van der Waals surface area contributed by atoms with Crippen LogP contribution in [-0.2, 0) is 5.33 Å². The van der Waals surface area contributed by atoms with Gasteiger partial charge < -0.3 is 5.11 Å². The minimum absolute atomic E-state index is 0.162. The zero-order chi connectivity index (χ0) is 13.1. The van der Waals surface area contributed by atoms with Crippen LogP contribution in [-0.4, -0.2) is 11.1 Å². The van der Waals surface area contributed by atoms with Gasteiger partial charge in [-0.2, -0.15) is 0 Å². The van der Waals surface area contributed by atoms with Crippen LogP contribution in [0.4, 0.5) is 0 Å². The highest BCUT2D eigenvalue weighted by atomic mass is 79.9. The van der Waals surface area contributed by atoms with E-state index in [1.54, 1.807) is 6.07 Å². The number of hydrogen-bond donors (Lipinski definition) is 1. The summed E-state index contributed by atoms with van der Waals surface area (Å²) in [4.78, 5) is 11.3. The van der Waals surface area contributed by atoms with E-state index in [-0.39, 0.29) is 10.6 Å². The molecular weight excluding hydrogens is 316 g/mol. The molecule has 4 heteroatoms. The molecule has 2 rings (SSSR count). The number of benzene rings is 2. The highest BCUT2D eigenvalue weighted by Crippen LogP contribution is 2.32. The highest BCUT2D eigenvalue weighted by Gasteiger charge is 2.18. The summed E-state index contributed by atoms with van der Waals surface area (Å²) < 4.78 is 0. The number of carbonyl (C=O) groups is 1. The lowest BCUT2D eigenvalue weighted by Crippen LogP contribution is -2.04. The predicted molar refractivity (Wildman–Crippen MR) is 76.5 cm³/mol. The number of halogens is 2. The van der Waals surface area contributed by atoms with Gasteiger partial charge in [0.2, 0.25) is 0 Å². The van der Waals surface area contributed by atoms with Crippen molar-refractivity contribution in [3.05, 3.63) is 58.6 Å². The molecule has 0 saturated heterocycles. The molecule has 0 aliphatic carbocycles. The third-order valence-electron chi connectivity index (χ3n) is 2.69.